The van der Waals surface area contributed by atoms with Crippen LogP contribution in [0.1, 0.15) is 23.4 Å². The lowest BCUT2D eigenvalue weighted by atomic mass is 10.1. The summed E-state index contributed by atoms with van der Waals surface area (Å²) in [5, 5.41) is 4.48. The van der Waals surface area contributed by atoms with Crippen molar-refractivity contribution in [3.63, 3.8) is 0 Å². The van der Waals surface area contributed by atoms with Crippen LogP contribution in [0, 0.1) is 13.8 Å². The summed E-state index contributed by atoms with van der Waals surface area (Å²) in [4.78, 5) is 2.20. The van der Waals surface area contributed by atoms with E-state index < -0.39 is 10.0 Å². The number of hydrogen-bond acceptors (Lipinski definition) is 5. The highest BCUT2D eigenvalue weighted by Crippen LogP contribution is 2.27. The monoisotopic (exact) mass is 383 g/mol. The molecule has 0 radical (unpaired) electrons. The molecule has 0 aliphatic carbocycles. The van der Waals surface area contributed by atoms with Crippen molar-refractivity contribution in [3.8, 4) is 0 Å². The molecule has 2 aromatic rings. The largest absolute Gasteiger partial charge is 0.370 e. The zero-order valence-electron chi connectivity index (χ0n) is 14.4. The van der Waals surface area contributed by atoms with Gasteiger partial charge in [0.2, 0.25) is 10.0 Å². The minimum atomic E-state index is -3.42. The number of sulfonamides is 1. The van der Waals surface area contributed by atoms with E-state index >= 15 is 0 Å². The molecular formula is C17H22ClN3O3S. The number of anilines is 1. The second-order valence-electron chi connectivity index (χ2n) is 6.31. The minimum absolute atomic E-state index is 0.149. The SMILES string of the molecule is Cc1cc(CS(=O)(=O)N2CCCN(c3cccc(Cl)c3C)CC2)on1. The highest BCUT2D eigenvalue weighted by molar-refractivity contribution is 7.88. The van der Waals surface area contributed by atoms with Crippen molar-refractivity contribution in [3.05, 3.63) is 46.3 Å². The van der Waals surface area contributed by atoms with E-state index in [1.54, 1.807) is 17.3 Å². The van der Waals surface area contributed by atoms with Crippen LogP contribution in [0.25, 0.3) is 0 Å². The van der Waals surface area contributed by atoms with Crippen LogP contribution in [-0.2, 0) is 15.8 Å². The van der Waals surface area contributed by atoms with Gasteiger partial charge in [0, 0.05) is 43.0 Å². The first-order valence-corrected chi connectivity index (χ1v) is 10.3. The summed E-state index contributed by atoms with van der Waals surface area (Å²) in [6.07, 6.45) is 0.764. The Labute approximate surface area is 153 Å². The Morgan fingerprint density at radius 2 is 2.00 bits per heavy atom. The van der Waals surface area contributed by atoms with Crippen molar-refractivity contribution in [1.29, 1.82) is 0 Å². The van der Waals surface area contributed by atoms with Gasteiger partial charge < -0.3 is 9.42 Å². The third-order valence-electron chi connectivity index (χ3n) is 4.43. The zero-order valence-corrected chi connectivity index (χ0v) is 16.0. The molecule has 8 heteroatoms. The minimum Gasteiger partial charge on any atom is -0.370 e. The number of aromatic nitrogens is 1. The molecule has 136 valence electrons. The molecule has 1 aromatic carbocycles. The van der Waals surface area contributed by atoms with Crippen molar-refractivity contribution in [2.24, 2.45) is 0 Å². The molecule has 1 aliphatic heterocycles. The third-order valence-corrected chi connectivity index (χ3v) is 6.64. The summed E-state index contributed by atoms with van der Waals surface area (Å²) in [5.74, 6) is 0.230. The summed E-state index contributed by atoms with van der Waals surface area (Å²) < 4.78 is 32.0. The smallest absolute Gasteiger partial charge is 0.221 e. The van der Waals surface area contributed by atoms with Gasteiger partial charge in [-0.1, -0.05) is 22.8 Å². The Morgan fingerprint density at radius 1 is 1.20 bits per heavy atom. The Morgan fingerprint density at radius 3 is 2.72 bits per heavy atom. The van der Waals surface area contributed by atoms with Crippen LogP contribution in [0.3, 0.4) is 0 Å². The van der Waals surface area contributed by atoms with Gasteiger partial charge in [0.05, 0.1) is 5.69 Å². The van der Waals surface area contributed by atoms with Gasteiger partial charge in [-0.3, -0.25) is 0 Å². The number of benzene rings is 1. The van der Waals surface area contributed by atoms with Crippen LogP contribution in [0.2, 0.25) is 5.02 Å². The summed E-state index contributed by atoms with van der Waals surface area (Å²) >= 11 is 6.22. The fourth-order valence-electron chi connectivity index (χ4n) is 3.11. The lowest BCUT2D eigenvalue weighted by Gasteiger charge is -2.25. The Bertz CT molecular complexity index is 851. The second-order valence-corrected chi connectivity index (χ2v) is 8.69. The molecular weight excluding hydrogens is 362 g/mol. The fourth-order valence-corrected chi connectivity index (χ4v) is 4.72. The first-order valence-electron chi connectivity index (χ1n) is 8.27. The molecule has 0 amide bonds. The molecule has 0 bridgehead atoms. The molecule has 0 N–H and O–H groups in total. The second kappa shape index (κ2) is 7.35. The number of hydrogen-bond donors (Lipinski definition) is 0. The first kappa shape index (κ1) is 18.2. The highest BCUT2D eigenvalue weighted by Gasteiger charge is 2.27. The molecule has 0 spiro atoms. The lowest BCUT2D eigenvalue weighted by Crippen LogP contribution is -2.36. The first-order chi connectivity index (χ1) is 11.9. The van der Waals surface area contributed by atoms with Crippen molar-refractivity contribution >= 4 is 27.3 Å². The summed E-state index contributed by atoms with van der Waals surface area (Å²) in [7, 11) is -3.42. The van der Waals surface area contributed by atoms with E-state index in [0.29, 0.717) is 31.1 Å². The van der Waals surface area contributed by atoms with Gasteiger partial charge in [0.15, 0.2) is 5.76 Å². The van der Waals surface area contributed by atoms with Crippen molar-refractivity contribution in [2.45, 2.75) is 26.0 Å². The fraction of sp³-hybridized carbons (Fsp3) is 0.471. The summed E-state index contributed by atoms with van der Waals surface area (Å²) in [5.41, 5.74) is 2.78. The number of nitrogens with zero attached hydrogens (tertiary/aromatic N) is 3. The third kappa shape index (κ3) is 4.16. The van der Waals surface area contributed by atoms with Gasteiger partial charge in [-0.2, -0.15) is 4.31 Å². The van der Waals surface area contributed by atoms with Gasteiger partial charge in [-0.25, -0.2) is 8.42 Å². The van der Waals surface area contributed by atoms with Crippen LogP contribution in [-0.4, -0.2) is 44.1 Å². The van der Waals surface area contributed by atoms with Gasteiger partial charge >= 0.3 is 0 Å². The molecule has 1 aromatic heterocycles. The Kier molecular flexibility index (Phi) is 5.36. The van der Waals surface area contributed by atoms with Gasteiger partial charge in [-0.15, -0.1) is 0 Å². The zero-order chi connectivity index (χ0) is 18.0. The highest BCUT2D eigenvalue weighted by atomic mass is 35.5. The Hall–Kier alpha value is -1.57. The quantitative estimate of drug-likeness (QED) is 0.811. The maximum absolute atomic E-state index is 12.7. The summed E-state index contributed by atoms with van der Waals surface area (Å²) in [6.45, 7) is 6.15. The van der Waals surface area contributed by atoms with E-state index in [4.69, 9.17) is 16.1 Å². The van der Waals surface area contributed by atoms with Gasteiger partial charge in [0.25, 0.3) is 0 Å². The van der Waals surface area contributed by atoms with Crippen LogP contribution in [0.15, 0.2) is 28.8 Å². The lowest BCUT2D eigenvalue weighted by molar-refractivity contribution is 0.381. The molecule has 1 aliphatic rings. The molecule has 0 unspecified atom stereocenters. The van der Waals surface area contributed by atoms with E-state index in [0.717, 1.165) is 29.2 Å². The van der Waals surface area contributed by atoms with E-state index in [1.807, 2.05) is 25.1 Å². The maximum atomic E-state index is 12.7. The standard InChI is InChI=1S/C17H22ClN3O3S/c1-13-11-15(24-19-13)12-25(22,23)21-8-4-7-20(9-10-21)17-6-3-5-16(18)14(17)2/h3,5-6,11H,4,7-10,12H2,1-2H3. The number of aryl methyl sites for hydroxylation is 1. The van der Waals surface area contributed by atoms with Gasteiger partial charge in [0.1, 0.15) is 5.75 Å². The number of halogens is 1. The average Bonchev–Trinajstić information content (AvgIpc) is 2.82. The van der Waals surface area contributed by atoms with Crippen molar-refractivity contribution in [1.82, 2.24) is 9.46 Å². The number of rotatable bonds is 4. The van der Waals surface area contributed by atoms with Crippen LogP contribution in [0.5, 0.6) is 0 Å². The molecule has 1 fully saturated rings. The van der Waals surface area contributed by atoms with Gasteiger partial charge in [-0.05, 0) is 38.0 Å². The van der Waals surface area contributed by atoms with Crippen molar-refractivity contribution in [2.75, 3.05) is 31.1 Å². The molecule has 25 heavy (non-hydrogen) atoms. The molecule has 1 saturated heterocycles. The van der Waals surface area contributed by atoms with E-state index in [2.05, 4.69) is 10.1 Å². The van der Waals surface area contributed by atoms with Crippen LogP contribution >= 0.6 is 11.6 Å². The van der Waals surface area contributed by atoms with E-state index in [9.17, 15) is 8.42 Å². The molecule has 3 rings (SSSR count). The Balaban J connectivity index is 1.71. The van der Waals surface area contributed by atoms with Crippen LogP contribution in [0.4, 0.5) is 5.69 Å². The van der Waals surface area contributed by atoms with Crippen molar-refractivity contribution < 1.29 is 12.9 Å². The molecule has 0 saturated carbocycles. The van der Waals surface area contributed by atoms with Crippen LogP contribution < -0.4 is 4.90 Å². The predicted octanol–water partition coefficient (Wildman–Crippen LogP) is 2.99. The molecule has 0 atom stereocenters. The molecule has 6 nitrogen and oxygen atoms in total. The average molecular weight is 384 g/mol. The normalized spacial score (nSPS) is 16.8. The van der Waals surface area contributed by atoms with E-state index in [1.165, 1.54) is 0 Å². The van der Waals surface area contributed by atoms with E-state index in [-0.39, 0.29) is 5.75 Å². The maximum Gasteiger partial charge on any atom is 0.221 e. The molecule has 2 heterocycles. The topological polar surface area (TPSA) is 66.7 Å². The predicted molar refractivity (Wildman–Crippen MR) is 98.5 cm³/mol. The summed E-state index contributed by atoms with van der Waals surface area (Å²) in [6, 6.07) is 7.49.